The summed E-state index contributed by atoms with van der Waals surface area (Å²) in [5.74, 6) is -0.589. The van der Waals surface area contributed by atoms with Crippen LogP contribution in [0.15, 0.2) is 53.6 Å². The molecule has 3 aromatic rings. The Labute approximate surface area is 151 Å². The van der Waals surface area contributed by atoms with Gasteiger partial charge < -0.3 is 9.88 Å². The van der Waals surface area contributed by atoms with Gasteiger partial charge in [0, 0.05) is 34.4 Å². The fourth-order valence-corrected chi connectivity index (χ4v) is 2.99. The Morgan fingerprint density at radius 1 is 1.19 bits per heavy atom. The monoisotopic (exact) mass is 352 g/mol. The molecule has 2 N–H and O–H groups in total. The van der Waals surface area contributed by atoms with E-state index >= 15 is 0 Å². The number of amides is 1. The molecule has 0 spiro atoms. The lowest BCUT2D eigenvalue weighted by atomic mass is 10.1. The summed E-state index contributed by atoms with van der Waals surface area (Å²) in [6, 6.07) is 14.0. The average Bonchev–Trinajstić information content (AvgIpc) is 2.92. The summed E-state index contributed by atoms with van der Waals surface area (Å²) in [6.07, 6.45) is 1.68. The van der Waals surface area contributed by atoms with Crippen LogP contribution < -0.4 is 10.7 Å². The van der Waals surface area contributed by atoms with Crippen LogP contribution in [0.4, 0.5) is 10.1 Å². The molecule has 0 radical (unpaired) electrons. The minimum Gasteiger partial charge on any atom is -0.376 e. The lowest BCUT2D eigenvalue weighted by Gasteiger charge is -2.05. The summed E-state index contributed by atoms with van der Waals surface area (Å²) in [5, 5.41) is 8.11. The Balaban J connectivity index is 1.65. The van der Waals surface area contributed by atoms with Gasteiger partial charge in [-0.3, -0.25) is 4.79 Å². The molecule has 0 unspecified atom stereocenters. The molecule has 0 bridgehead atoms. The minimum absolute atomic E-state index is 0.0542. The quantitative estimate of drug-likeness (QED) is 0.525. The molecule has 0 saturated carbocycles. The van der Waals surface area contributed by atoms with E-state index < -0.39 is 0 Å². The van der Waals surface area contributed by atoms with Gasteiger partial charge in [0.05, 0.1) is 12.8 Å². The van der Waals surface area contributed by atoms with Crippen LogP contribution in [0.25, 0.3) is 10.9 Å². The third kappa shape index (κ3) is 3.74. The zero-order valence-electron chi connectivity index (χ0n) is 14.8. The number of hydrogen-bond acceptors (Lipinski definition) is 3. The summed E-state index contributed by atoms with van der Waals surface area (Å²) in [6.45, 7) is 5.07. The first-order valence-electron chi connectivity index (χ1n) is 8.49. The number of hydrogen-bond donors (Lipinski definition) is 2. The Morgan fingerprint density at radius 2 is 1.92 bits per heavy atom. The molecule has 3 rings (SSSR count). The number of anilines is 1. The van der Waals surface area contributed by atoms with Crippen molar-refractivity contribution >= 4 is 28.7 Å². The fraction of sp³-hybridized carbons (Fsp3) is 0.200. The molecule has 1 heterocycles. The molecule has 0 aliphatic heterocycles. The van der Waals surface area contributed by atoms with Crippen LogP contribution in [-0.2, 0) is 11.3 Å². The van der Waals surface area contributed by atoms with Crippen molar-refractivity contribution < 1.29 is 9.18 Å². The minimum atomic E-state index is -0.314. The van der Waals surface area contributed by atoms with E-state index in [1.165, 1.54) is 12.1 Å². The van der Waals surface area contributed by atoms with Gasteiger partial charge in [0.1, 0.15) is 5.82 Å². The number of hydrazone groups is 1. The van der Waals surface area contributed by atoms with Crippen LogP contribution in [0.5, 0.6) is 0 Å². The first kappa shape index (κ1) is 17.7. The van der Waals surface area contributed by atoms with Crippen molar-refractivity contribution in [2.45, 2.75) is 20.4 Å². The zero-order valence-corrected chi connectivity index (χ0v) is 14.8. The molecule has 0 fully saturated rings. The predicted molar refractivity (Wildman–Crippen MR) is 103 cm³/mol. The van der Waals surface area contributed by atoms with Crippen LogP contribution in [0.1, 0.15) is 18.2 Å². The Morgan fingerprint density at radius 3 is 2.65 bits per heavy atom. The largest absolute Gasteiger partial charge is 0.376 e. The topological polar surface area (TPSA) is 58.4 Å². The molecule has 0 atom stereocenters. The number of carbonyl (C=O) groups is 1. The molecule has 2 aromatic carbocycles. The zero-order chi connectivity index (χ0) is 18.5. The van der Waals surface area contributed by atoms with Crippen molar-refractivity contribution in [1.29, 1.82) is 0 Å². The van der Waals surface area contributed by atoms with Crippen LogP contribution in [0.2, 0.25) is 0 Å². The molecule has 1 aromatic heterocycles. The van der Waals surface area contributed by atoms with Gasteiger partial charge in [0.15, 0.2) is 0 Å². The second-order valence-electron chi connectivity index (χ2n) is 5.91. The van der Waals surface area contributed by atoms with Crippen molar-refractivity contribution in [3.63, 3.8) is 0 Å². The number of rotatable bonds is 6. The maximum Gasteiger partial charge on any atom is 0.259 e. The van der Waals surface area contributed by atoms with Crippen molar-refractivity contribution in [3.05, 3.63) is 65.6 Å². The number of para-hydroxylation sites is 1. The number of nitrogens with zero attached hydrogens (tertiary/aromatic N) is 2. The molecule has 1 amide bonds. The second kappa shape index (κ2) is 7.82. The Kier molecular flexibility index (Phi) is 5.31. The molecule has 26 heavy (non-hydrogen) atoms. The average molecular weight is 352 g/mol. The van der Waals surface area contributed by atoms with Gasteiger partial charge in [-0.05, 0) is 44.2 Å². The number of aromatic nitrogens is 1. The maximum atomic E-state index is 12.9. The molecule has 0 aliphatic rings. The van der Waals surface area contributed by atoms with E-state index in [1.54, 1.807) is 18.3 Å². The SMILES string of the molecule is CCn1c(C)c(/C=N\NC(=O)CNc2ccc(F)cc2)c2ccccc21. The van der Waals surface area contributed by atoms with Crippen molar-refractivity contribution in [1.82, 2.24) is 9.99 Å². The van der Waals surface area contributed by atoms with Gasteiger partial charge in [0.2, 0.25) is 0 Å². The van der Waals surface area contributed by atoms with E-state index in [2.05, 4.69) is 33.4 Å². The van der Waals surface area contributed by atoms with E-state index in [0.717, 1.165) is 28.7 Å². The summed E-state index contributed by atoms with van der Waals surface area (Å²) < 4.78 is 15.1. The summed E-state index contributed by atoms with van der Waals surface area (Å²) >= 11 is 0. The van der Waals surface area contributed by atoms with Gasteiger partial charge in [-0.25, -0.2) is 9.82 Å². The second-order valence-corrected chi connectivity index (χ2v) is 5.91. The third-order valence-corrected chi connectivity index (χ3v) is 4.28. The molecule has 0 saturated heterocycles. The number of aryl methyl sites for hydroxylation is 1. The van der Waals surface area contributed by atoms with E-state index in [9.17, 15) is 9.18 Å². The maximum absolute atomic E-state index is 12.9. The number of nitrogens with one attached hydrogen (secondary N) is 2. The molecule has 134 valence electrons. The molecule has 6 heteroatoms. The summed E-state index contributed by atoms with van der Waals surface area (Å²) in [4.78, 5) is 11.9. The highest BCUT2D eigenvalue weighted by atomic mass is 19.1. The Bertz CT molecular complexity index is 944. The summed E-state index contributed by atoms with van der Waals surface area (Å²) in [7, 11) is 0. The number of carbonyl (C=O) groups excluding carboxylic acids is 1. The first-order chi connectivity index (χ1) is 12.6. The van der Waals surface area contributed by atoms with E-state index in [1.807, 2.05) is 25.1 Å². The smallest absolute Gasteiger partial charge is 0.259 e. The molecule has 5 nitrogen and oxygen atoms in total. The van der Waals surface area contributed by atoms with E-state index in [0.29, 0.717) is 5.69 Å². The van der Waals surface area contributed by atoms with Crippen molar-refractivity contribution in [2.24, 2.45) is 5.10 Å². The van der Waals surface area contributed by atoms with Gasteiger partial charge in [0.25, 0.3) is 5.91 Å². The van der Waals surface area contributed by atoms with E-state index in [-0.39, 0.29) is 18.3 Å². The van der Waals surface area contributed by atoms with Gasteiger partial charge in [-0.15, -0.1) is 0 Å². The van der Waals surface area contributed by atoms with Crippen LogP contribution in [-0.4, -0.2) is 23.2 Å². The highest BCUT2D eigenvalue weighted by molar-refractivity contribution is 6.01. The number of halogens is 1. The third-order valence-electron chi connectivity index (χ3n) is 4.28. The fourth-order valence-electron chi connectivity index (χ4n) is 2.99. The van der Waals surface area contributed by atoms with Crippen molar-refractivity contribution in [3.8, 4) is 0 Å². The molecular weight excluding hydrogens is 331 g/mol. The van der Waals surface area contributed by atoms with Gasteiger partial charge in [-0.1, -0.05) is 18.2 Å². The van der Waals surface area contributed by atoms with Gasteiger partial charge in [-0.2, -0.15) is 5.10 Å². The predicted octanol–water partition coefficient (Wildman–Crippen LogP) is 3.67. The number of fused-ring (bicyclic) bond motifs is 1. The van der Waals surface area contributed by atoms with Gasteiger partial charge >= 0.3 is 0 Å². The Hall–Kier alpha value is -3.15. The lowest BCUT2D eigenvalue weighted by Crippen LogP contribution is -2.25. The van der Waals surface area contributed by atoms with Crippen LogP contribution in [0, 0.1) is 12.7 Å². The van der Waals surface area contributed by atoms with Crippen LogP contribution >= 0.6 is 0 Å². The standard InChI is InChI=1S/C20H21FN4O/c1-3-25-14(2)18(17-6-4-5-7-19(17)25)12-23-24-20(26)13-22-16-10-8-15(21)9-11-16/h4-12,22H,3,13H2,1-2H3,(H,24,26)/b23-12-. The van der Waals surface area contributed by atoms with E-state index in [4.69, 9.17) is 0 Å². The number of benzene rings is 2. The highest BCUT2D eigenvalue weighted by Gasteiger charge is 2.10. The van der Waals surface area contributed by atoms with Crippen molar-refractivity contribution in [2.75, 3.05) is 11.9 Å². The first-order valence-corrected chi connectivity index (χ1v) is 8.49. The summed E-state index contributed by atoms with van der Waals surface area (Å²) in [5.41, 5.74) is 6.44. The lowest BCUT2D eigenvalue weighted by molar-refractivity contribution is -0.119. The van der Waals surface area contributed by atoms with Crippen LogP contribution in [0.3, 0.4) is 0 Å². The normalized spacial score (nSPS) is 11.2. The molecule has 0 aliphatic carbocycles. The molecular formula is C20H21FN4O. The highest BCUT2D eigenvalue weighted by Crippen LogP contribution is 2.24.